The molecular weight excluding hydrogens is 218 g/mol. The van der Waals surface area contributed by atoms with Crippen molar-refractivity contribution < 1.29 is 9.59 Å². The van der Waals surface area contributed by atoms with Gasteiger partial charge in [0.05, 0.1) is 0 Å². The zero-order valence-corrected chi connectivity index (χ0v) is 10.1. The average Bonchev–Trinajstić information content (AvgIpc) is 2.34. The minimum absolute atomic E-state index is 0.298. The lowest BCUT2D eigenvalue weighted by atomic mass is 10.2. The summed E-state index contributed by atoms with van der Waals surface area (Å²) in [6.07, 6.45) is 0. The molecule has 3 N–H and O–H groups in total. The molecule has 1 aromatic rings. The maximum atomic E-state index is 11.7. The van der Waals surface area contributed by atoms with Crippen LogP contribution in [0.15, 0.2) is 24.3 Å². The van der Waals surface area contributed by atoms with E-state index in [-0.39, 0.29) is 0 Å². The largest absolute Gasteiger partial charge is 0.347 e. The number of amides is 2. The van der Waals surface area contributed by atoms with E-state index in [1.165, 1.54) is 4.90 Å². The van der Waals surface area contributed by atoms with Gasteiger partial charge in [0.1, 0.15) is 0 Å². The van der Waals surface area contributed by atoms with Gasteiger partial charge in [0.15, 0.2) is 0 Å². The third-order valence-corrected chi connectivity index (χ3v) is 2.32. The number of nitrogens with one attached hydrogen (secondary N) is 1. The van der Waals surface area contributed by atoms with E-state index in [0.717, 1.165) is 5.56 Å². The first kappa shape index (κ1) is 13.2. The van der Waals surface area contributed by atoms with E-state index in [1.807, 2.05) is 25.1 Å². The Labute approximate surface area is 101 Å². The molecule has 92 valence electrons. The Balaban J connectivity index is 2.72. The van der Waals surface area contributed by atoms with E-state index < -0.39 is 11.8 Å². The SMILES string of the molecule is Cc1cccc(N(C)C(=O)C(=O)NCCN)c1. The second-order valence-corrected chi connectivity index (χ2v) is 3.75. The van der Waals surface area contributed by atoms with Crippen molar-refractivity contribution in [3.63, 3.8) is 0 Å². The molecule has 0 aliphatic carbocycles. The smallest absolute Gasteiger partial charge is 0.316 e. The Hall–Kier alpha value is -1.88. The predicted molar refractivity (Wildman–Crippen MR) is 66.7 cm³/mol. The van der Waals surface area contributed by atoms with Crippen LogP contribution >= 0.6 is 0 Å². The van der Waals surface area contributed by atoms with Crippen LogP contribution in [0.1, 0.15) is 5.56 Å². The summed E-state index contributed by atoms with van der Waals surface area (Å²) < 4.78 is 0. The lowest BCUT2D eigenvalue weighted by Gasteiger charge is -2.17. The van der Waals surface area contributed by atoms with Crippen molar-refractivity contribution in [2.45, 2.75) is 6.92 Å². The van der Waals surface area contributed by atoms with Crippen LogP contribution in [0.4, 0.5) is 5.69 Å². The second kappa shape index (κ2) is 6.00. The zero-order chi connectivity index (χ0) is 12.8. The molecule has 0 spiro atoms. The normalized spacial score (nSPS) is 9.82. The zero-order valence-electron chi connectivity index (χ0n) is 10.1. The molecule has 5 nitrogen and oxygen atoms in total. The van der Waals surface area contributed by atoms with Gasteiger partial charge in [0.2, 0.25) is 0 Å². The van der Waals surface area contributed by atoms with Crippen molar-refractivity contribution in [2.24, 2.45) is 5.73 Å². The summed E-state index contributed by atoms with van der Waals surface area (Å²) in [4.78, 5) is 24.5. The summed E-state index contributed by atoms with van der Waals surface area (Å²) in [7, 11) is 1.57. The maximum absolute atomic E-state index is 11.7. The number of benzene rings is 1. The van der Waals surface area contributed by atoms with E-state index in [4.69, 9.17) is 5.73 Å². The minimum Gasteiger partial charge on any atom is -0.347 e. The fraction of sp³-hybridized carbons (Fsp3) is 0.333. The molecule has 0 atom stereocenters. The molecule has 0 bridgehead atoms. The number of carbonyl (C=O) groups is 2. The molecule has 0 aliphatic heterocycles. The van der Waals surface area contributed by atoms with Crippen LogP contribution in [0, 0.1) is 6.92 Å². The summed E-state index contributed by atoms with van der Waals surface area (Å²) in [6, 6.07) is 7.39. The van der Waals surface area contributed by atoms with Gasteiger partial charge in [0.25, 0.3) is 0 Å². The highest BCUT2D eigenvalue weighted by Crippen LogP contribution is 2.14. The van der Waals surface area contributed by atoms with Crippen LogP contribution in [-0.2, 0) is 9.59 Å². The predicted octanol–water partition coefficient (Wildman–Crippen LogP) is 0.0327. The molecule has 1 rings (SSSR count). The Kier molecular flexibility index (Phi) is 4.66. The summed E-state index contributed by atoms with van der Waals surface area (Å²) in [5.74, 6) is -1.23. The molecule has 0 saturated heterocycles. The summed E-state index contributed by atoms with van der Waals surface area (Å²) in [6.45, 7) is 2.54. The summed E-state index contributed by atoms with van der Waals surface area (Å²) in [5.41, 5.74) is 6.97. The van der Waals surface area contributed by atoms with Crippen LogP contribution in [0.3, 0.4) is 0 Å². The van der Waals surface area contributed by atoms with Crippen LogP contribution in [0.5, 0.6) is 0 Å². The standard InChI is InChI=1S/C12H17N3O2/c1-9-4-3-5-10(8-9)15(2)12(17)11(16)14-7-6-13/h3-5,8H,6-7,13H2,1-2H3,(H,14,16). The highest BCUT2D eigenvalue weighted by atomic mass is 16.2. The molecule has 5 heteroatoms. The van der Waals surface area contributed by atoms with E-state index >= 15 is 0 Å². The molecule has 0 radical (unpaired) electrons. The molecule has 0 saturated carbocycles. The molecule has 0 aromatic heterocycles. The Bertz CT molecular complexity index is 418. The number of hydrogen-bond acceptors (Lipinski definition) is 3. The van der Waals surface area contributed by atoms with E-state index in [9.17, 15) is 9.59 Å². The molecule has 17 heavy (non-hydrogen) atoms. The van der Waals surface area contributed by atoms with E-state index in [2.05, 4.69) is 5.32 Å². The average molecular weight is 235 g/mol. The van der Waals surface area contributed by atoms with Crippen molar-refractivity contribution in [2.75, 3.05) is 25.0 Å². The van der Waals surface area contributed by atoms with Crippen molar-refractivity contribution >= 4 is 17.5 Å². The van der Waals surface area contributed by atoms with Crippen LogP contribution < -0.4 is 16.0 Å². The number of anilines is 1. The van der Waals surface area contributed by atoms with Crippen LogP contribution in [-0.4, -0.2) is 32.0 Å². The topological polar surface area (TPSA) is 75.4 Å². The molecule has 2 amide bonds. The molecule has 0 aliphatic rings. The molecule has 0 heterocycles. The number of likely N-dealkylation sites (N-methyl/N-ethyl adjacent to an activating group) is 1. The monoisotopic (exact) mass is 235 g/mol. The number of aryl methyl sites for hydroxylation is 1. The lowest BCUT2D eigenvalue weighted by molar-refractivity contribution is -0.137. The molecule has 1 aromatic carbocycles. The Morgan fingerprint density at radius 2 is 2.12 bits per heavy atom. The van der Waals surface area contributed by atoms with Gasteiger partial charge in [-0.15, -0.1) is 0 Å². The van der Waals surface area contributed by atoms with Crippen molar-refractivity contribution in [1.82, 2.24) is 5.32 Å². The van der Waals surface area contributed by atoms with Gasteiger partial charge >= 0.3 is 11.8 Å². The van der Waals surface area contributed by atoms with Gasteiger partial charge in [-0.2, -0.15) is 0 Å². The van der Waals surface area contributed by atoms with Gasteiger partial charge in [-0.05, 0) is 24.6 Å². The quantitative estimate of drug-likeness (QED) is 0.726. The highest BCUT2D eigenvalue weighted by molar-refractivity contribution is 6.40. The van der Waals surface area contributed by atoms with E-state index in [0.29, 0.717) is 18.8 Å². The van der Waals surface area contributed by atoms with Crippen molar-refractivity contribution in [1.29, 1.82) is 0 Å². The fourth-order valence-electron chi connectivity index (χ4n) is 1.37. The number of carbonyl (C=O) groups excluding carboxylic acids is 2. The maximum Gasteiger partial charge on any atom is 0.316 e. The third-order valence-electron chi connectivity index (χ3n) is 2.32. The van der Waals surface area contributed by atoms with Gasteiger partial charge in [-0.3, -0.25) is 9.59 Å². The van der Waals surface area contributed by atoms with E-state index in [1.54, 1.807) is 13.1 Å². The molecule has 0 fully saturated rings. The second-order valence-electron chi connectivity index (χ2n) is 3.75. The van der Waals surface area contributed by atoms with Gasteiger partial charge in [-0.25, -0.2) is 0 Å². The number of nitrogens with zero attached hydrogens (tertiary/aromatic N) is 1. The minimum atomic E-state index is -0.639. The fourth-order valence-corrected chi connectivity index (χ4v) is 1.37. The molecular formula is C12H17N3O2. The Morgan fingerprint density at radius 1 is 1.41 bits per heavy atom. The van der Waals surface area contributed by atoms with Gasteiger partial charge in [-0.1, -0.05) is 12.1 Å². The van der Waals surface area contributed by atoms with Gasteiger partial charge < -0.3 is 16.0 Å². The highest BCUT2D eigenvalue weighted by Gasteiger charge is 2.19. The third kappa shape index (κ3) is 3.57. The van der Waals surface area contributed by atoms with Crippen molar-refractivity contribution in [3.05, 3.63) is 29.8 Å². The first-order valence-electron chi connectivity index (χ1n) is 5.39. The van der Waals surface area contributed by atoms with Crippen LogP contribution in [0.2, 0.25) is 0 Å². The number of rotatable bonds is 3. The van der Waals surface area contributed by atoms with Gasteiger partial charge in [0, 0.05) is 25.8 Å². The summed E-state index contributed by atoms with van der Waals surface area (Å²) >= 11 is 0. The molecule has 0 unspecified atom stereocenters. The Morgan fingerprint density at radius 3 is 2.71 bits per heavy atom. The van der Waals surface area contributed by atoms with Crippen LogP contribution in [0.25, 0.3) is 0 Å². The first-order chi connectivity index (χ1) is 8.06. The number of hydrogen-bond donors (Lipinski definition) is 2. The lowest BCUT2D eigenvalue weighted by Crippen LogP contribution is -2.42. The first-order valence-corrected chi connectivity index (χ1v) is 5.39. The number of nitrogens with two attached hydrogens (primary N) is 1. The summed E-state index contributed by atoms with van der Waals surface area (Å²) in [5, 5.41) is 2.44. The van der Waals surface area contributed by atoms with Crippen molar-refractivity contribution in [3.8, 4) is 0 Å².